The van der Waals surface area contributed by atoms with Crippen LogP contribution in [0.4, 0.5) is 11.4 Å². The van der Waals surface area contributed by atoms with Crippen LogP contribution in [0.5, 0.6) is 0 Å². The number of nitro groups is 1. The molecule has 3 aromatic rings. The maximum atomic E-state index is 13.6. The van der Waals surface area contributed by atoms with Crippen molar-refractivity contribution in [1.29, 1.82) is 5.26 Å². The van der Waals surface area contributed by atoms with E-state index in [-0.39, 0.29) is 33.6 Å². The Hall–Kier alpha value is -4.06. The monoisotopic (exact) mass is 584 g/mol. The van der Waals surface area contributed by atoms with Crippen molar-refractivity contribution in [2.24, 2.45) is 5.73 Å². The Labute approximate surface area is 248 Å². The molecule has 1 aliphatic heterocycles. The van der Waals surface area contributed by atoms with Gasteiger partial charge in [0.25, 0.3) is 5.69 Å². The van der Waals surface area contributed by atoms with Gasteiger partial charge in [0.1, 0.15) is 5.82 Å². The molecule has 0 amide bonds. The van der Waals surface area contributed by atoms with Crippen LogP contribution in [0.15, 0.2) is 82.2 Å². The first-order valence-corrected chi connectivity index (χ1v) is 14.7. The number of carbonyl (C=O) groups is 1. The Morgan fingerprint density at radius 1 is 1.10 bits per heavy atom. The molecule has 0 saturated heterocycles. The number of hydrogen-bond donors (Lipinski definition) is 1. The van der Waals surface area contributed by atoms with E-state index in [0.717, 1.165) is 28.0 Å². The number of nitrogens with zero attached hydrogens (tertiary/aromatic N) is 3. The summed E-state index contributed by atoms with van der Waals surface area (Å²) >= 11 is 8.29. The first-order valence-electron chi connectivity index (χ1n) is 13.3. The van der Waals surface area contributed by atoms with E-state index in [1.54, 1.807) is 16.7 Å². The summed E-state index contributed by atoms with van der Waals surface area (Å²) in [6.07, 6.45) is 1.48. The van der Waals surface area contributed by atoms with E-state index in [1.807, 2.05) is 19.1 Å². The molecule has 0 spiro atoms. The summed E-state index contributed by atoms with van der Waals surface area (Å²) in [5.74, 6) is 0.162. The fourth-order valence-corrected chi connectivity index (χ4v) is 7.01. The third-order valence-electron chi connectivity index (χ3n) is 7.81. The number of nitriles is 1. The smallest absolute Gasteiger partial charge is 0.271 e. The molecule has 0 fully saturated rings. The molecule has 0 radical (unpaired) electrons. The Morgan fingerprint density at radius 2 is 1.85 bits per heavy atom. The van der Waals surface area contributed by atoms with Gasteiger partial charge in [0.15, 0.2) is 5.78 Å². The largest absolute Gasteiger partial charge is 0.384 e. The van der Waals surface area contributed by atoms with Gasteiger partial charge in [0.05, 0.1) is 33.2 Å². The highest BCUT2D eigenvalue weighted by molar-refractivity contribution is 7.98. The predicted octanol–water partition coefficient (Wildman–Crippen LogP) is 7.77. The molecular formula is C32H29ClN4O3S. The van der Waals surface area contributed by atoms with Crippen molar-refractivity contribution in [2.75, 3.05) is 4.90 Å². The van der Waals surface area contributed by atoms with E-state index < -0.39 is 10.8 Å². The van der Waals surface area contributed by atoms with E-state index in [2.05, 4.69) is 44.2 Å². The number of ketones is 1. The molecule has 9 heteroatoms. The van der Waals surface area contributed by atoms with Crippen LogP contribution in [-0.2, 0) is 10.5 Å². The van der Waals surface area contributed by atoms with E-state index in [9.17, 15) is 20.2 Å². The average Bonchev–Trinajstić information content (AvgIpc) is 2.93. The predicted molar refractivity (Wildman–Crippen MR) is 163 cm³/mol. The van der Waals surface area contributed by atoms with Gasteiger partial charge in [-0.2, -0.15) is 5.26 Å². The fraction of sp³-hybridized carbons (Fsp3) is 0.250. The molecule has 41 heavy (non-hydrogen) atoms. The highest BCUT2D eigenvalue weighted by atomic mass is 35.5. The van der Waals surface area contributed by atoms with E-state index >= 15 is 0 Å². The van der Waals surface area contributed by atoms with Gasteiger partial charge in [-0.1, -0.05) is 41.9 Å². The van der Waals surface area contributed by atoms with Crippen LogP contribution in [0.2, 0.25) is 5.02 Å². The maximum absolute atomic E-state index is 13.6. The summed E-state index contributed by atoms with van der Waals surface area (Å²) < 4.78 is 0. The zero-order chi connectivity index (χ0) is 29.4. The van der Waals surface area contributed by atoms with Crippen molar-refractivity contribution >= 4 is 40.5 Å². The topological polar surface area (TPSA) is 113 Å². The summed E-state index contributed by atoms with van der Waals surface area (Å²) in [7, 11) is 0. The number of thioether (sulfide) groups is 1. The van der Waals surface area contributed by atoms with Crippen LogP contribution < -0.4 is 10.6 Å². The Morgan fingerprint density at radius 3 is 2.56 bits per heavy atom. The quantitative estimate of drug-likeness (QED) is 0.179. The summed E-state index contributed by atoms with van der Waals surface area (Å²) in [5.41, 5.74) is 13.5. The molecule has 0 bridgehead atoms. The molecule has 1 aliphatic carbocycles. The molecule has 208 valence electrons. The van der Waals surface area contributed by atoms with Crippen LogP contribution >= 0.6 is 23.4 Å². The van der Waals surface area contributed by atoms with E-state index in [0.29, 0.717) is 30.5 Å². The lowest BCUT2D eigenvalue weighted by Crippen LogP contribution is -2.39. The second kappa shape index (κ2) is 11.4. The normalized spacial score (nSPS) is 17.0. The third-order valence-corrected chi connectivity index (χ3v) is 9.35. The molecule has 7 nitrogen and oxygen atoms in total. The Bertz CT molecular complexity index is 1710. The number of anilines is 1. The molecule has 3 aromatic carbocycles. The molecule has 2 aliphatic rings. The van der Waals surface area contributed by atoms with Gasteiger partial charge in [-0.3, -0.25) is 19.8 Å². The number of rotatable bonds is 6. The number of Topliss-reactive ketones (excluding diaryl/α,β-unsaturated/α-hetero) is 1. The first-order chi connectivity index (χ1) is 19.6. The number of nitro benzene ring substituents is 1. The summed E-state index contributed by atoms with van der Waals surface area (Å²) in [6, 6.07) is 18.8. The highest BCUT2D eigenvalue weighted by Gasteiger charge is 2.41. The number of allylic oxidation sites excluding steroid dienone is 3. The minimum atomic E-state index is -0.640. The summed E-state index contributed by atoms with van der Waals surface area (Å²) in [5, 5.41) is 22.2. The maximum Gasteiger partial charge on any atom is 0.271 e. The second-order valence-electron chi connectivity index (χ2n) is 10.4. The number of benzene rings is 3. The number of nitrogens with two attached hydrogens (primary N) is 1. The highest BCUT2D eigenvalue weighted by Crippen LogP contribution is 2.49. The number of halogens is 1. The molecule has 1 heterocycles. The van der Waals surface area contributed by atoms with Gasteiger partial charge < -0.3 is 5.73 Å². The van der Waals surface area contributed by atoms with Crippen molar-refractivity contribution in [2.45, 2.75) is 56.6 Å². The van der Waals surface area contributed by atoms with Gasteiger partial charge in [0.2, 0.25) is 0 Å². The van der Waals surface area contributed by atoms with E-state index in [4.69, 9.17) is 17.3 Å². The van der Waals surface area contributed by atoms with Gasteiger partial charge in [-0.25, -0.2) is 0 Å². The molecule has 5 rings (SSSR count). The van der Waals surface area contributed by atoms with Gasteiger partial charge in [-0.15, -0.1) is 11.8 Å². The van der Waals surface area contributed by atoms with Gasteiger partial charge >= 0.3 is 0 Å². The third kappa shape index (κ3) is 5.23. The van der Waals surface area contributed by atoms with Crippen LogP contribution in [0.3, 0.4) is 0 Å². The second-order valence-corrected chi connectivity index (χ2v) is 11.8. The SMILES string of the molecule is Cc1cc(C)c(C2C(C#N)=C(N)N(c3cc([N+](=O)[O-])ccc3Cl)C3=C2C(=O)CCC3)cc1CSc1ccccc1C. The molecule has 0 aromatic heterocycles. The number of carbonyl (C=O) groups excluding carboxylic acids is 1. The zero-order valence-corrected chi connectivity index (χ0v) is 24.6. The van der Waals surface area contributed by atoms with Crippen molar-refractivity contribution in [1.82, 2.24) is 0 Å². The van der Waals surface area contributed by atoms with Crippen LogP contribution in [0, 0.1) is 42.2 Å². The molecule has 0 saturated carbocycles. The van der Waals surface area contributed by atoms with Gasteiger partial charge in [0, 0.05) is 40.5 Å². The standard InChI is InChI=1S/C32H29ClN4O3S/c1-18-7-4-5-10-29(18)41-17-21-14-23(20(3)13-19(21)2)30-24(16-34)32(35)36(26-8-6-9-28(38)31(26)30)27-15-22(37(39)40)11-12-25(27)33/h4-5,7,10-15,30H,6,8-9,17,35H2,1-3H3. The minimum absolute atomic E-state index is 0.0566. The molecular weight excluding hydrogens is 556 g/mol. The average molecular weight is 585 g/mol. The lowest BCUT2D eigenvalue weighted by Gasteiger charge is -2.40. The van der Waals surface area contributed by atoms with Crippen molar-refractivity contribution in [3.8, 4) is 6.07 Å². The first kappa shape index (κ1) is 28.5. The minimum Gasteiger partial charge on any atom is -0.384 e. The fourth-order valence-electron chi connectivity index (χ4n) is 5.72. The zero-order valence-electron chi connectivity index (χ0n) is 23.0. The Balaban J connectivity index is 1.66. The lowest BCUT2D eigenvalue weighted by atomic mass is 9.74. The summed E-state index contributed by atoms with van der Waals surface area (Å²) in [4.78, 5) is 27.5. The molecule has 1 unspecified atom stereocenters. The lowest BCUT2D eigenvalue weighted by molar-refractivity contribution is -0.384. The molecule has 2 N–H and O–H groups in total. The molecule has 1 atom stereocenters. The van der Waals surface area contributed by atoms with Crippen LogP contribution in [0.25, 0.3) is 0 Å². The van der Waals surface area contributed by atoms with Crippen LogP contribution in [-0.4, -0.2) is 10.7 Å². The van der Waals surface area contributed by atoms with Crippen molar-refractivity contribution in [3.63, 3.8) is 0 Å². The van der Waals surface area contributed by atoms with Gasteiger partial charge in [-0.05, 0) is 73.6 Å². The number of non-ortho nitro benzene ring substituents is 1. The summed E-state index contributed by atoms with van der Waals surface area (Å²) in [6.45, 7) is 6.15. The van der Waals surface area contributed by atoms with E-state index in [1.165, 1.54) is 28.7 Å². The number of hydrogen-bond acceptors (Lipinski definition) is 7. The van der Waals surface area contributed by atoms with Crippen molar-refractivity contribution in [3.05, 3.63) is 120 Å². The van der Waals surface area contributed by atoms with Crippen LogP contribution in [0.1, 0.15) is 53.0 Å². The Kier molecular flexibility index (Phi) is 7.94. The number of aryl methyl sites for hydroxylation is 3. The van der Waals surface area contributed by atoms with Crippen molar-refractivity contribution < 1.29 is 9.72 Å².